The normalized spacial score (nSPS) is 15.8. The zero-order valence-corrected chi connectivity index (χ0v) is 14.4. The minimum absolute atomic E-state index is 0.00424. The van der Waals surface area contributed by atoms with Crippen LogP contribution in [-0.2, 0) is 9.59 Å². The van der Waals surface area contributed by atoms with Crippen molar-refractivity contribution in [2.45, 2.75) is 19.3 Å². The Morgan fingerprint density at radius 3 is 2.89 bits per heavy atom. The number of carbonyl (C=O) groups excluding carboxylic acids is 2. The second-order valence-corrected chi connectivity index (χ2v) is 6.35. The summed E-state index contributed by atoms with van der Waals surface area (Å²) in [5.41, 5.74) is 2.24. The summed E-state index contributed by atoms with van der Waals surface area (Å²) in [4.78, 5) is 29.0. The summed E-state index contributed by atoms with van der Waals surface area (Å²) in [7, 11) is 0. The first-order valence-electron chi connectivity index (χ1n) is 8.39. The van der Waals surface area contributed by atoms with Crippen LogP contribution in [-0.4, -0.2) is 27.0 Å². The van der Waals surface area contributed by atoms with Crippen LogP contribution < -0.4 is 10.6 Å². The fourth-order valence-electron chi connectivity index (χ4n) is 3.11. The number of amides is 2. The van der Waals surface area contributed by atoms with Crippen molar-refractivity contribution in [1.82, 2.24) is 15.2 Å². The van der Waals surface area contributed by atoms with E-state index in [1.807, 2.05) is 6.07 Å². The highest BCUT2D eigenvalue weighted by Crippen LogP contribution is 2.33. The zero-order chi connectivity index (χ0) is 19.0. The van der Waals surface area contributed by atoms with Crippen LogP contribution in [0.15, 0.2) is 42.5 Å². The van der Waals surface area contributed by atoms with Crippen LogP contribution in [0, 0.1) is 12.7 Å². The molecular formula is C19H16FN5O2. The fraction of sp³-hybridized carbons (Fsp3) is 0.158. The molecule has 0 saturated carbocycles. The molecule has 7 nitrogen and oxygen atoms in total. The predicted octanol–water partition coefficient (Wildman–Crippen LogP) is 2.98. The molecule has 27 heavy (non-hydrogen) atoms. The molecule has 8 heteroatoms. The van der Waals surface area contributed by atoms with Crippen LogP contribution in [0.25, 0.3) is 11.4 Å². The smallest absolute Gasteiger partial charge is 0.232 e. The molecule has 2 amide bonds. The van der Waals surface area contributed by atoms with Crippen LogP contribution >= 0.6 is 0 Å². The number of fused-ring (bicyclic) bond motifs is 1. The second-order valence-electron chi connectivity index (χ2n) is 6.35. The van der Waals surface area contributed by atoms with Gasteiger partial charge in [0.05, 0.1) is 5.92 Å². The number of nitrogens with one attached hydrogen (secondary N) is 3. The van der Waals surface area contributed by atoms with Crippen molar-refractivity contribution in [3.05, 3.63) is 59.7 Å². The summed E-state index contributed by atoms with van der Waals surface area (Å²) in [6.07, 6.45) is 0.00424. The Morgan fingerprint density at radius 2 is 2.11 bits per heavy atom. The van der Waals surface area contributed by atoms with Crippen molar-refractivity contribution >= 4 is 23.2 Å². The number of aromatic nitrogens is 3. The van der Waals surface area contributed by atoms with Gasteiger partial charge in [-0.1, -0.05) is 18.2 Å². The molecule has 136 valence electrons. The quantitative estimate of drug-likeness (QED) is 0.664. The molecule has 4 rings (SSSR count). The molecule has 1 aromatic heterocycles. The topological polar surface area (TPSA) is 99.8 Å². The van der Waals surface area contributed by atoms with Gasteiger partial charge in [-0.15, -0.1) is 0 Å². The highest BCUT2D eigenvalue weighted by molar-refractivity contribution is 6.05. The predicted molar refractivity (Wildman–Crippen MR) is 97.6 cm³/mol. The molecule has 0 radical (unpaired) electrons. The molecule has 1 atom stereocenters. The van der Waals surface area contributed by atoms with Gasteiger partial charge in [0.25, 0.3) is 0 Å². The lowest BCUT2D eigenvalue weighted by atomic mass is 9.89. The summed E-state index contributed by atoms with van der Waals surface area (Å²) in [6, 6.07) is 11.2. The first-order chi connectivity index (χ1) is 13.0. The minimum atomic E-state index is -0.691. The van der Waals surface area contributed by atoms with Crippen LogP contribution in [0.1, 0.15) is 23.7 Å². The van der Waals surface area contributed by atoms with E-state index >= 15 is 0 Å². The first kappa shape index (κ1) is 16.9. The van der Waals surface area contributed by atoms with Gasteiger partial charge in [0.1, 0.15) is 11.6 Å². The first-order valence-corrected chi connectivity index (χ1v) is 8.39. The van der Waals surface area contributed by atoms with E-state index in [4.69, 9.17) is 0 Å². The molecule has 1 aliphatic rings. The van der Waals surface area contributed by atoms with E-state index in [2.05, 4.69) is 25.8 Å². The third-order valence-electron chi connectivity index (χ3n) is 4.36. The van der Waals surface area contributed by atoms with E-state index < -0.39 is 11.7 Å². The molecule has 3 N–H and O–H groups in total. The molecule has 0 saturated heterocycles. The molecule has 2 aromatic carbocycles. The highest BCUT2D eigenvalue weighted by atomic mass is 19.1. The van der Waals surface area contributed by atoms with Crippen molar-refractivity contribution in [3.8, 4) is 11.4 Å². The summed E-state index contributed by atoms with van der Waals surface area (Å²) < 4.78 is 13.4. The number of carbonyl (C=O) groups is 2. The number of aromatic amines is 1. The number of H-pyrrole nitrogens is 1. The van der Waals surface area contributed by atoms with Crippen LogP contribution in [0.3, 0.4) is 0 Å². The van der Waals surface area contributed by atoms with Gasteiger partial charge < -0.3 is 10.6 Å². The van der Waals surface area contributed by atoms with Gasteiger partial charge in [-0.3, -0.25) is 14.7 Å². The van der Waals surface area contributed by atoms with E-state index in [0.717, 1.165) is 5.56 Å². The lowest BCUT2D eigenvalue weighted by Crippen LogP contribution is -2.30. The van der Waals surface area contributed by atoms with E-state index in [0.29, 0.717) is 28.6 Å². The van der Waals surface area contributed by atoms with Crippen molar-refractivity contribution in [2.75, 3.05) is 10.6 Å². The molecule has 3 aromatic rings. The van der Waals surface area contributed by atoms with Crippen LogP contribution in [0.2, 0.25) is 0 Å². The number of benzene rings is 2. The number of halogens is 1. The third kappa shape index (κ3) is 3.41. The fourth-order valence-corrected chi connectivity index (χ4v) is 3.11. The Morgan fingerprint density at radius 1 is 1.26 bits per heavy atom. The molecule has 0 bridgehead atoms. The van der Waals surface area contributed by atoms with Crippen molar-refractivity contribution in [3.63, 3.8) is 0 Å². The van der Waals surface area contributed by atoms with Gasteiger partial charge in [0.2, 0.25) is 11.8 Å². The lowest BCUT2D eigenvalue weighted by Gasteiger charge is -2.25. The second kappa shape index (κ2) is 6.64. The molecule has 1 aliphatic heterocycles. The number of rotatable bonds is 3. The number of anilines is 2. The van der Waals surface area contributed by atoms with Gasteiger partial charge in [-0.05, 0) is 36.8 Å². The van der Waals surface area contributed by atoms with Gasteiger partial charge in [-0.2, -0.15) is 5.10 Å². The summed E-state index contributed by atoms with van der Waals surface area (Å²) in [5.74, 6) is -0.592. The van der Waals surface area contributed by atoms with Crippen LogP contribution in [0.5, 0.6) is 0 Å². The molecule has 0 spiro atoms. The molecule has 0 aliphatic carbocycles. The number of nitrogens with zero attached hydrogens (tertiary/aromatic N) is 2. The SMILES string of the molecule is Cc1nc(-c2cccc(NC(=O)C3CC(=O)Nc4cc(F)ccc43)c2)n[nH]1. The van der Waals surface area contributed by atoms with Gasteiger partial charge >= 0.3 is 0 Å². The third-order valence-corrected chi connectivity index (χ3v) is 4.36. The Labute approximate surface area is 154 Å². The Balaban J connectivity index is 1.59. The summed E-state index contributed by atoms with van der Waals surface area (Å²) in [5, 5.41) is 12.3. The maximum atomic E-state index is 13.4. The van der Waals surface area contributed by atoms with E-state index in [9.17, 15) is 14.0 Å². The van der Waals surface area contributed by atoms with Gasteiger partial charge in [0.15, 0.2) is 5.82 Å². The largest absolute Gasteiger partial charge is 0.326 e. The lowest BCUT2D eigenvalue weighted by molar-refractivity contribution is -0.123. The maximum Gasteiger partial charge on any atom is 0.232 e. The summed E-state index contributed by atoms with van der Waals surface area (Å²) >= 11 is 0. The monoisotopic (exact) mass is 365 g/mol. The molecular weight excluding hydrogens is 349 g/mol. The molecule has 2 heterocycles. The highest BCUT2D eigenvalue weighted by Gasteiger charge is 2.31. The Kier molecular flexibility index (Phi) is 4.15. The minimum Gasteiger partial charge on any atom is -0.326 e. The van der Waals surface area contributed by atoms with Gasteiger partial charge in [0, 0.05) is 23.4 Å². The average molecular weight is 365 g/mol. The summed E-state index contributed by atoms with van der Waals surface area (Å²) in [6.45, 7) is 1.80. The Bertz CT molecular complexity index is 1050. The van der Waals surface area contributed by atoms with E-state index in [1.165, 1.54) is 18.2 Å². The zero-order valence-electron chi connectivity index (χ0n) is 14.4. The average Bonchev–Trinajstić information content (AvgIpc) is 3.07. The molecule has 0 fully saturated rings. The van der Waals surface area contributed by atoms with E-state index in [1.54, 1.807) is 25.1 Å². The number of hydrogen-bond donors (Lipinski definition) is 3. The Hall–Kier alpha value is -3.55. The maximum absolute atomic E-state index is 13.4. The van der Waals surface area contributed by atoms with Crippen molar-refractivity contribution in [1.29, 1.82) is 0 Å². The molecule has 1 unspecified atom stereocenters. The number of hydrogen-bond acceptors (Lipinski definition) is 4. The van der Waals surface area contributed by atoms with Crippen LogP contribution in [0.4, 0.5) is 15.8 Å². The number of aryl methyl sites for hydroxylation is 1. The van der Waals surface area contributed by atoms with Crippen molar-refractivity contribution in [2.24, 2.45) is 0 Å². The van der Waals surface area contributed by atoms with E-state index in [-0.39, 0.29) is 18.2 Å². The van der Waals surface area contributed by atoms with Crippen molar-refractivity contribution < 1.29 is 14.0 Å². The standard InChI is InChI=1S/C19H16FN5O2/c1-10-21-18(25-24-10)11-3-2-4-13(7-11)22-19(27)15-9-17(26)23-16-8-12(20)5-6-14(15)16/h2-8,15H,9H2,1H3,(H,22,27)(H,23,26)(H,21,24,25). The van der Waals surface area contributed by atoms with Gasteiger partial charge in [-0.25, -0.2) is 9.37 Å².